The fourth-order valence-electron chi connectivity index (χ4n) is 1.97. The standard InChI is InChI=1S/C14H9BrF2N2O/c15-8-4-11(18)14-12(5-8)19-13(20-14)3-7-1-2-9(16)6-10(7)17/h1-2,4-6H,3,18H2. The maximum atomic E-state index is 13.6. The minimum Gasteiger partial charge on any atom is -0.438 e. The van der Waals surface area contributed by atoms with E-state index in [1.807, 2.05) is 0 Å². The first-order chi connectivity index (χ1) is 9.52. The summed E-state index contributed by atoms with van der Waals surface area (Å²) in [5, 5.41) is 0. The molecule has 0 amide bonds. The molecule has 0 spiro atoms. The van der Waals surface area contributed by atoms with E-state index in [9.17, 15) is 8.78 Å². The second-order valence-electron chi connectivity index (χ2n) is 4.36. The summed E-state index contributed by atoms with van der Waals surface area (Å²) in [6, 6.07) is 6.88. The molecule has 1 heterocycles. The van der Waals surface area contributed by atoms with Gasteiger partial charge in [-0.2, -0.15) is 0 Å². The van der Waals surface area contributed by atoms with Crippen LogP contribution in [0.25, 0.3) is 11.1 Å². The molecule has 0 fully saturated rings. The number of benzene rings is 2. The lowest BCUT2D eigenvalue weighted by Gasteiger charge is -1.99. The van der Waals surface area contributed by atoms with Crippen LogP contribution in [0.4, 0.5) is 14.5 Å². The van der Waals surface area contributed by atoms with Crippen LogP contribution in [0, 0.1) is 11.6 Å². The number of nitrogen functional groups attached to an aromatic ring is 1. The number of halogens is 3. The monoisotopic (exact) mass is 338 g/mol. The molecule has 0 saturated heterocycles. The number of aromatic nitrogens is 1. The molecular weight excluding hydrogens is 330 g/mol. The predicted molar refractivity (Wildman–Crippen MR) is 75.3 cm³/mol. The van der Waals surface area contributed by atoms with Gasteiger partial charge in [0.1, 0.15) is 17.2 Å². The van der Waals surface area contributed by atoms with Crippen LogP contribution >= 0.6 is 15.9 Å². The van der Waals surface area contributed by atoms with E-state index in [0.717, 1.165) is 10.5 Å². The number of hydrogen-bond acceptors (Lipinski definition) is 3. The summed E-state index contributed by atoms with van der Waals surface area (Å²) < 4.78 is 32.8. The van der Waals surface area contributed by atoms with Gasteiger partial charge in [-0.25, -0.2) is 13.8 Å². The van der Waals surface area contributed by atoms with E-state index in [2.05, 4.69) is 20.9 Å². The Morgan fingerprint density at radius 3 is 2.75 bits per heavy atom. The Hall–Kier alpha value is -1.95. The van der Waals surface area contributed by atoms with Crippen molar-refractivity contribution in [3.63, 3.8) is 0 Å². The Kier molecular flexibility index (Phi) is 3.17. The molecule has 0 unspecified atom stereocenters. The Labute approximate surface area is 121 Å². The number of fused-ring (bicyclic) bond motifs is 1. The number of oxazole rings is 1. The quantitative estimate of drug-likeness (QED) is 0.717. The second kappa shape index (κ2) is 4.86. The molecule has 0 bridgehead atoms. The van der Waals surface area contributed by atoms with Gasteiger partial charge >= 0.3 is 0 Å². The number of anilines is 1. The Morgan fingerprint density at radius 2 is 2.00 bits per heavy atom. The highest BCUT2D eigenvalue weighted by Crippen LogP contribution is 2.27. The number of hydrogen-bond donors (Lipinski definition) is 1. The maximum Gasteiger partial charge on any atom is 0.200 e. The smallest absolute Gasteiger partial charge is 0.200 e. The lowest BCUT2D eigenvalue weighted by atomic mass is 10.1. The van der Waals surface area contributed by atoms with Crippen molar-refractivity contribution in [3.8, 4) is 0 Å². The number of rotatable bonds is 2. The van der Waals surface area contributed by atoms with Gasteiger partial charge in [-0.1, -0.05) is 22.0 Å². The van der Waals surface area contributed by atoms with Gasteiger partial charge in [0, 0.05) is 10.5 Å². The first-order valence-electron chi connectivity index (χ1n) is 5.81. The van der Waals surface area contributed by atoms with E-state index in [-0.39, 0.29) is 6.42 Å². The highest BCUT2D eigenvalue weighted by Gasteiger charge is 2.12. The van der Waals surface area contributed by atoms with Crippen LogP contribution in [-0.4, -0.2) is 4.98 Å². The first-order valence-corrected chi connectivity index (χ1v) is 6.60. The predicted octanol–water partition coefficient (Wildman–Crippen LogP) is 4.04. The molecular formula is C14H9BrF2N2O. The minimum absolute atomic E-state index is 0.137. The summed E-state index contributed by atoms with van der Waals surface area (Å²) in [6.45, 7) is 0. The highest BCUT2D eigenvalue weighted by atomic mass is 79.9. The van der Waals surface area contributed by atoms with Crippen molar-refractivity contribution in [2.24, 2.45) is 0 Å². The van der Waals surface area contributed by atoms with Crippen LogP contribution in [0.5, 0.6) is 0 Å². The third-order valence-corrected chi connectivity index (χ3v) is 3.34. The van der Waals surface area contributed by atoms with Gasteiger partial charge in [0.15, 0.2) is 11.5 Å². The van der Waals surface area contributed by atoms with Crippen molar-refractivity contribution in [2.45, 2.75) is 6.42 Å². The average Bonchev–Trinajstić information content (AvgIpc) is 2.75. The summed E-state index contributed by atoms with van der Waals surface area (Å²) >= 11 is 3.32. The van der Waals surface area contributed by atoms with E-state index in [0.29, 0.717) is 28.2 Å². The van der Waals surface area contributed by atoms with Crippen molar-refractivity contribution in [3.05, 3.63) is 57.9 Å². The van der Waals surface area contributed by atoms with Crippen molar-refractivity contribution < 1.29 is 13.2 Å². The van der Waals surface area contributed by atoms with E-state index in [1.54, 1.807) is 12.1 Å². The molecule has 102 valence electrons. The van der Waals surface area contributed by atoms with Crippen LogP contribution < -0.4 is 5.73 Å². The highest BCUT2D eigenvalue weighted by molar-refractivity contribution is 9.10. The van der Waals surface area contributed by atoms with Crippen LogP contribution in [0.3, 0.4) is 0 Å². The molecule has 6 heteroatoms. The molecule has 2 N–H and O–H groups in total. The molecule has 3 rings (SSSR count). The lowest BCUT2D eigenvalue weighted by Crippen LogP contribution is -1.93. The molecule has 0 radical (unpaired) electrons. The van der Waals surface area contributed by atoms with Gasteiger partial charge < -0.3 is 10.2 Å². The molecule has 0 aliphatic rings. The zero-order chi connectivity index (χ0) is 14.3. The van der Waals surface area contributed by atoms with Crippen molar-refractivity contribution >= 4 is 32.7 Å². The van der Waals surface area contributed by atoms with Crippen LogP contribution in [0.15, 0.2) is 39.2 Å². The van der Waals surface area contributed by atoms with E-state index < -0.39 is 11.6 Å². The SMILES string of the molecule is Nc1cc(Br)cc2nc(Cc3ccc(F)cc3F)oc12. The van der Waals surface area contributed by atoms with Crippen LogP contribution in [0.2, 0.25) is 0 Å². The zero-order valence-corrected chi connectivity index (χ0v) is 11.7. The van der Waals surface area contributed by atoms with Gasteiger partial charge in [-0.3, -0.25) is 0 Å². The minimum atomic E-state index is -0.624. The molecule has 0 aliphatic carbocycles. The topological polar surface area (TPSA) is 52.0 Å². The summed E-state index contributed by atoms with van der Waals surface area (Å²) in [5.74, 6) is -0.909. The largest absolute Gasteiger partial charge is 0.438 e. The number of nitrogens with zero attached hydrogens (tertiary/aromatic N) is 1. The Balaban J connectivity index is 2.01. The van der Waals surface area contributed by atoms with E-state index in [4.69, 9.17) is 10.2 Å². The fraction of sp³-hybridized carbons (Fsp3) is 0.0714. The van der Waals surface area contributed by atoms with E-state index in [1.165, 1.54) is 12.1 Å². The van der Waals surface area contributed by atoms with Gasteiger partial charge in [0.25, 0.3) is 0 Å². The number of nitrogens with two attached hydrogens (primary N) is 1. The normalized spacial score (nSPS) is 11.2. The maximum absolute atomic E-state index is 13.6. The van der Waals surface area contributed by atoms with Gasteiger partial charge in [-0.05, 0) is 23.8 Å². The first kappa shape index (κ1) is 13.1. The Morgan fingerprint density at radius 1 is 1.20 bits per heavy atom. The van der Waals surface area contributed by atoms with Crippen molar-refractivity contribution in [1.82, 2.24) is 4.98 Å². The third kappa shape index (κ3) is 2.38. The molecule has 0 saturated carbocycles. The van der Waals surface area contributed by atoms with Gasteiger partial charge in [0.05, 0.1) is 12.1 Å². The Bertz CT molecular complexity index is 801. The molecule has 20 heavy (non-hydrogen) atoms. The van der Waals surface area contributed by atoms with Crippen LogP contribution in [-0.2, 0) is 6.42 Å². The summed E-state index contributed by atoms with van der Waals surface area (Å²) in [5.41, 5.74) is 7.65. The second-order valence-corrected chi connectivity index (χ2v) is 5.28. The third-order valence-electron chi connectivity index (χ3n) is 2.88. The molecule has 0 atom stereocenters. The fourth-order valence-corrected chi connectivity index (χ4v) is 2.44. The van der Waals surface area contributed by atoms with E-state index >= 15 is 0 Å². The molecule has 1 aromatic heterocycles. The molecule has 0 aliphatic heterocycles. The summed E-state index contributed by atoms with van der Waals surface area (Å²) in [4.78, 5) is 4.26. The molecule has 2 aromatic carbocycles. The van der Waals surface area contributed by atoms with Gasteiger partial charge in [0.2, 0.25) is 0 Å². The molecule has 3 nitrogen and oxygen atoms in total. The van der Waals surface area contributed by atoms with Crippen LogP contribution in [0.1, 0.15) is 11.5 Å². The average molecular weight is 339 g/mol. The lowest BCUT2D eigenvalue weighted by molar-refractivity contribution is 0.530. The molecule has 3 aromatic rings. The zero-order valence-electron chi connectivity index (χ0n) is 10.2. The van der Waals surface area contributed by atoms with Crippen molar-refractivity contribution in [1.29, 1.82) is 0 Å². The summed E-state index contributed by atoms with van der Waals surface area (Å²) in [6.07, 6.45) is 0.137. The van der Waals surface area contributed by atoms with Gasteiger partial charge in [-0.15, -0.1) is 0 Å². The van der Waals surface area contributed by atoms with Crippen molar-refractivity contribution in [2.75, 3.05) is 5.73 Å². The summed E-state index contributed by atoms with van der Waals surface area (Å²) in [7, 11) is 0.